The number of aromatic nitrogens is 2. The molecule has 8 heteroatoms. The Balaban J connectivity index is 0.00000192. The van der Waals surface area contributed by atoms with Crippen LogP contribution in [0.3, 0.4) is 0 Å². The average Bonchev–Trinajstić information content (AvgIpc) is 2.96. The summed E-state index contributed by atoms with van der Waals surface area (Å²) in [6.45, 7) is 3.10. The maximum Gasteiger partial charge on any atom is 0.230 e. The zero-order valence-electron chi connectivity index (χ0n) is 13.0. The van der Waals surface area contributed by atoms with E-state index in [1.807, 2.05) is 0 Å². The monoisotopic (exact) mass is 357 g/mol. The van der Waals surface area contributed by atoms with Gasteiger partial charge in [-0.2, -0.15) is 4.98 Å². The van der Waals surface area contributed by atoms with E-state index in [0.717, 1.165) is 24.9 Å². The highest BCUT2D eigenvalue weighted by Gasteiger charge is 2.25. The van der Waals surface area contributed by atoms with Gasteiger partial charge in [0, 0.05) is 23.8 Å². The van der Waals surface area contributed by atoms with Gasteiger partial charge < -0.3 is 9.84 Å². The van der Waals surface area contributed by atoms with E-state index in [0.29, 0.717) is 17.8 Å². The standard InChI is InChI=1S/C15H19N3O3S.ClH/c1-10-9-12(7-8-16-10)15-17-14(18-21-15)11-3-5-13(6-4-11)22(2,19)20;/h3-6,10,12,16H,7-9H2,1-2H3;1H/t10-,12-;/m0./s1. The van der Waals surface area contributed by atoms with Crippen molar-refractivity contribution in [3.63, 3.8) is 0 Å². The summed E-state index contributed by atoms with van der Waals surface area (Å²) < 4.78 is 28.3. The van der Waals surface area contributed by atoms with Gasteiger partial charge in [0.1, 0.15) is 0 Å². The fourth-order valence-corrected chi connectivity index (χ4v) is 3.36. The van der Waals surface area contributed by atoms with E-state index in [1.54, 1.807) is 24.3 Å². The Morgan fingerprint density at radius 2 is 1.96 bits per heavy atom. The van der Waals surface area contributed by atoms with Gasteiger partial charge in [0.2, 0.25) is 11.7 Å². The molecule has 0 amide bonds. The van der Waals surface area contributed by atoms with E-state index in [-0.39, 0.29) is 23.2 Å². The molecule has 2 aromatic rings. The van der Waals surface area contributed by atoms with Crippen LogP contribution in [0.4, 0.5) is 0 Å². The van der Waals surface area contributed by atoms with E-state index in [1.165, 1.54) is 6.26 Å². The molecule has 1 aliphatic heterocycles. The minimum atomic E-state index is -3.19. The fraction of sp³-hybridized carbons (Fsp3) is 0.467. The van der Waals surface area contributed by atoms with Crippen LogP contribution in [0.25, 0.3) is 11.4 Å². The van der Waals surface area contributed by atoms with Crippen molar-refractivity contribution in [3.8, 4) is 11.4 Å². The Kier molecular flexibility index (Phi) is 5.44. The van der Waals surface area contributed by atoms with Crippen LogP contribution in [-0.4, -0.2) is 37.4 Å². The first-order valence-electron chi connectivity index (χ1n) is 7.31. The van der Waals surface area contributed by atoms with Crippen LogP contribution in [0.15, 0.2) is 33.7 Å². The number of hydrogen-bond acceptors (Lipinski definition) is 6. The van der Waals surface area contributed by atoms with Gasteiger partial charge in [-0.1, -0.05) is 5.16 Å². The molecule has 0 bridgehead atoms. The lowest BCUT2D eigenvalue weighted by Crippen LogP contribution is -2.34. The third kappa shape index (κ3) is 4.10. The van der Waals surface area contributed by atoms with Crippen LogP contribution in [-0.2, 0) is 9.84 Å². The first-order valence-corrected chi connectivity index (χ1v) is 9.20. The van der Waals surface area contributed by atoms with Gasteiger partial charge in [-0.25, -0.2) is 8.42 Å². The second-order valence-corrected chi connectivity index (χ2v) is 7.84. The second-order valence-electron chi connectivity index (χ2n) is 5.83. The highest BCUT2D eigenvalue weighted by Crippen LogP contribution is 2.28. The van der Waals surface area contributed by atoms with E-state index in [4.69, 9.17) is 4.52 Å². The molecule has 0 unspecified atom stereocenters. The van der Waals surface area contributed by atoms with E-state index >= 15 is 0 Å². The van der Waals surface area contributed by atoms with Crippen molar-refractivity contribution >= 4 is 22.2 Å². The summed E-state index contributed by atoms with van der Waals surface area (Å²) in [5, 5.41) is 7.42. The summed E-state index contributed by atoms with van der Waals surface area (Å²) in [4.78, 5) is 4.76. The Bertz CT molecular complexity index is 759. The van der Waals surface area contributed by atoms with Crippen LogP contribution >= 0.6 is 12.4 Å². The number of halogens is 1. The lowest BCUT2D eigenvalue weighted by atomic mass is 9.93. The molecule has 1 N–H and O–H groups in total. The first-order chi connectivity index (χ1) is 10.4. The maximum atomic E-state index is 11.5. The Morgan fingerprint density at radius 3 is 2.57 bits per heavy atom. The molecule has 1 aromatic carbocycles. The van der Waals surface area contributed by atoms with E-state index < -0.39 is 9.84 Å². The Hall–Kier alpha value is -1.44. The summed E-state index contributed by atoms with van der Waals surface area (Å²) in [5.41, 5.74) is 0.754. The van der Waals surface area contributed by atoms with Crippen molar-refractivity contribution < 1.29 is 12.9 Å². The quantitative estimate of drug-likeness (QED) is 0.908. The third-order valence-electron chi connectivity index (χ3n) is 3.96. The normalized spacial score (nSPS) is 21.7. The number of nitrogens with zero attached hydrogens (tertiary/aromatic N) is 2. The largest absolute Gasteiger partial charge is 0.339 e. The van der Waals surface area contributed by atoms with Gasteiger partial charge in [-0.3, -0.25) is 0 Å². The van der Waals surface area contributed by atoms with Crippen LogP contribution in [0.2, 0.25) is 0 Å². The minimum absolute atomic E-state index is 0. The predicted octanol–water partition coefficient (Wildman–Crippen LogP) is 2.42. The molecule has 1 aliphatic rings. The van der Waals surface area contributed by atoms with Gasteiger partial charge in [0.15, 0.2) is 9.84 Å². The smallest absolute Gasteiger partial charge is 0.230 e. The third-order valence-corrected chi connectivity index (χ3v) is 5.08. The molecule has 126 valence electrons. The SMILES string of the molecule is C[C@H]1C[C@@H](c2nc(-c3ccc(S(C)(=O)=O)cc3)no2)CCN1.Cl. The highest BCUT2D eigenvalue weighted by molar-refractivity contribution is 7.90. The molecule has 0 spiro atoms. The average molecular weight is 358 g/mol. The molecule has 2 atom stereocenters. The zero-order chi connectivity index (χ0) is 15.7. The van der Waals surface area contributed by atoms with Crippen LogP contribution in [0, 0.1) is 0 Å². The molecular formula is C15H20ClN3O3S. The fourth-order valence-electron chi connectivity index (χ4n) is 2.73. The van der Waals surface area contributed by atoms with Gasteiger partial charge in [0.05, 0.1) is 4.90 Å². The first kappa shape index (κ1) is 17.9. The second kappa shape index (κ2) is 6.98. The molecule has 1 fully saturated rings. The summed E-state index contributed by atoms with van der Waals surface area (Å²) in [5.74, 6) is 1.45. The van der Waals surface area contributed by atoms with Crippen molar-refractivity contribution in [3.05, 3.63) is 30.2 Å². The summed E-state index contributed by atoms with van der Waals surface area (Å²) >= 11 is 0. The highest BCUT2D eigenvalue weighted by atomic mass is 35.5. The lowest BCUT2D eigenvalue weighted by Gasteiger charge is -2.25. The molecular weight excluding hydrogens is 338 g/mol. The summed E-state index contributed by atoms with van der Waals surface area (Å²) in [7, 11) is -3.19. The lowest BCUT2D eigenvalue weighted by molar-refractivity contribution is 0.295. The Morgan fingerprint density at radius 1 is 1.26 bits per heavy atom. The van der Waals surface area contributed by atoms with Crippen LogP contribution < -0.4 is 5.32 Å². The number of rotatable bonds is 3. The molecule has 0 aliphatic carbocycles. The Labute approximate surface area is 142 Å². The van der Waals surface area contributed by atoms with Crippen LogP contribution in [0.5, 0.6) is 0 Å². The van der Waals surface area contributed by atoms with Crippen molar-refractivity contribution in [2.24, 2.45) is 0 Å². The molecule has 3 rings (SSSR count). The molecule has 6 nitrogen and oxygen atoms in total. The van der Waals surface area contributed by atoms with Gasteiger partial charge in [-0.05, 0) is 50.6 Å². The predicted molar refractivity (Wildman–Crippen MR) is 89.5 cm³/mol. The summed E-state index contributed by atoms with van der Waals surface area (Å²) in [6.07, 6.45) is 3.15. The van der Waals surface area contributed by atoms with E-state index in [2.05, 4.69) is 22.4 Å². The van der Waals surface area contributed by atoms with Crippen molar-refractivity contribution in [2.75, 3.05) is 12.8 Å². The number of nitrogens with one attached hydrogen (secondary N) is 1. The number of benzene rings is 1. The van der Waals surface area contributed by atoms with Crippen molar-refractivity contribution in [1.82, 2.24) is 15.5 Å². The topological polar surface area (TPSA) is 85.1 Å². The molecule has 23 heavy (non-hydrogen) atoms. The van der Waals surface area contributed by atoms with Gasteiger partial charge >= 0.3 is 0 Å². The van der Waals surface area contributed by atoms with E-state index in [9.17, 15) is 8.42 Å². The van der Waals surface area contributed by atoms with Gasteiger partial charge in [-0.15, -0.1) is 12.4 Å². The number of sulfone groups is 1. The summed E-state index contributed by atoms with van der Waals surface area (Å²) in [6, 6.07) is 6.98. The number of piperidine rings is 1. The van der Waals surface area contributed by atoms with Gasteiger partial charge in [0.25, 0.3) is 0 Å². The molecule has 0 radical (unpaired) electrons. The van der Waals surface area contributed by atoms with Crippen molar-refractivity contribution in [1.29, 1.82) is 0 Å². The number of hydrogen-bond donors (Lipinski definition) is 1. The zero-order valence-corrected chi connectivity index (χ0v) is 14.7. The van der Waals surface area contributed by atoms with Crippen molar-refractivity contribution in [2.45, 2.75) is 36.6 Å². The molecule has 1 saturated heterocycles. The minimum Gasteiger partial charge on any atom is -0.339 e. The molecule has 2 heterocycles. The van der Waals surface area contributed by atoms with Crippen LogP contribution in [0.1, 0.15) is 31.6 Å². The molecule has 1 aromatic heterocycles. The molecule has 0 saturated carbocycles. The maximum absolute atomic E-state index is 11.5.